The molecule has 1 aromatic carbocycles. The molecule has 0 fully saturated rings. The summed E-state index contributed by atoms with van der Waals surface area (Å²) in [7, 11) is -4.08. The van der Waals surface area contributed by atoms with E-state index in [0.717, 1.165) is 12.1 Å². The molecule has 0 unspecified atom stereocenters. The Kier molecular flexibility index (Phi) is 4.50. The van der Waals surface area contributed by atoms with Crippen molar-refractivity contribution in [1.82, 2.24) is 10.3 Å². The van der Waals surface area contributed by atoms with Gasteiger partial charge in [-0.1, -0.05) is 23.2 Å². The Morgan fingerprint density at radius 2 is 2.00 bits per heavy atom. The average Bonchev–Trinajstić information content (AvgIpc) is 2.23. The minimum atomic E-state index is -4.08. The second-order valence-electron chi connectivity index (χ2n) is 2.77. The number of benzene rings is 1. The number of hydrazine groups is 1. The van der Waals surface area contributed by atoms with E-state index in [1.54, 1.807) is 0 Å². The smallest absolute Gasteiger partial charge is 0.258 e. The summed E-state index contributed by atoms with van der Waals surface area (Å²) in [4.78, 5) is 1.34. The summed E-state index contributed by atoms with van der Waals surface area (Å²) < 4.78 is 36.6. The largest absolute Gasteiger partial charge is 0.375 e. The lowest BCUT2D eigenvalue weighted by atomic mass is 10.3. The molecule has 0 saturated heterocycles. The fourth-order valence-electron chi connectivity index (χ4n) is 0.888. The van der Waals surface area contributed by atoms with Crippen molar-refractivity contribution in [2.45, 2.75) is 4.90 Å². The summed E-state index contributed by atoms with van der Waals surface area (Å²) in [6.45, 7) is 0. The molecule has 5 nitrogen and oxygen atoms in total. The number of halogens is 3. The molecule has 0 bridgehead atoms. The second-order valence-corrected chi connectivity index (χ2v) is 5.64. The van der Waals surface area contributed by atoms with Crippen LogP contribution >= 0.6 is 35.4 Å². The molecule has 0 aliphatic carbocycles. The zero-order chi connectivity index (χ0) is 13.2. The maximum Gasteiger partial charge on any atom is 0.258 e. The zero-order valence-electron chi connectivity index (χ0n) is 8.00. The topological polar surface area (TPSA) is 84.2 Å². The Hall–Kier alpha value is -0.670. The molecule has 0 saturated carbocycles. The number of hydrogen-bond donors (Lipinski definition) is 3. The molecule has 0 amide bonds. The quantitative estimate of drug-likeness (QED) is 0.442. The van der Waals surface area contributed by atoms with Gasteiger partial charge in [0.2, 0.25) is 0 Å². The van der Waals surface area contributed by atoms with Crippen LogP contribution in [0.2, 0.25) is 10.0 Å². The van der Waals surface area contributed by atoms with Crippen LogP contribution < -0.4 is 16.0 Å². The van der Waals surface area contributed by atoms with Crippen molar-refractivity contribution in [1.29, 1.82) is 0 Å². The van der Waals surface area contributed by atoms with Gasteiger partial charge in [-0.25, -0.2) is 12.8 Å². The van der Waals surface area contributed by atoms with Crippen LogP contribution in [0.15, 0.2) is 17.0 Å². The van der Waals surface area contributed by atoms with E-state index in [4.69, 9.17) is 28.9 Å². The van der Waals surface area contributed by atoms with Crippen molar-refractivity contribution in [3.8, 4) is 0 Å². The molecule has 1 rings (SSSR count). The summed E-state index contributed by atoms with van der Waals surface area (Å²) in [5.41, 5.74) is 7.04. The maximum atomic E-state index is 13.3. The molecule has 0 heterocycles. The lowest BCUT2D eigenvalue weighted by molar-refractivity contribution is 0.574. The van der Waals surface area contributed by atoms with E-state index in [1.165, 1.54) is 0 Å². The zero-order valence-corrected chi connectivity index (χ0v) is 11.1. The molecular weight excluding hydrogens is 312 g/mol. The van der Waals surface area contributed by atoms with Crippen LogP contribution in [0.25, 0.3) is 0 Å². The Balaban J connectivity index is 3.16. The Bertz CT molecular complexity index is 564. The molecule has 0 atom stereocenters. The molecule has 0 radical (unpaired) electrons. The van der Waals surface area contributed by atoms with Gasteiger partial charge in [-0.2, -0.15) is 0 Å². The first-order valence-corrected chi connectivity index (χ1v) is 6.61. The van der Waals surface area contributed by atoms with E-state index < -0.39 is 25.8 Å². The van der Waals surface area contributed by atoms with Gasteiger partial charge in [-0.15, -0.1) is 4.83 Å². The standard InChI is InChI=1S/C7H6Cl2FN3O2S2/c8-3-1-2-4(5(9)6(3)10)17(14,15)13-12-7(11)16/h1-2,13H,(H3,11,12,16). The molecule has 0 aliphatic rings. The molecule has 0 aliphatic heterocycles. The fourth-order valence-corrected chi connectivity index (χ4v) is 2.61. The first kappa shape index (κ1) is 14.4. The number of nitrogens with one attached hydrogen (secondary N) is 2. The highest BCUT2D eigenvalue weighted by Crippen LogP contribution is 2.28. The minimum Gasteiger partial charge on any atom is -0.375 e. The van der Waals surface area contributed by atoms with E-state index in [1.807, 2.05) is 10.3 Å². The van der Waals surface area contributed by atoms with E-state index >= 15 is 0 Å². The predicted octanol–water partition coefficient (Wildman–Crippen LogP) is 1.16. The second kappa shape index (κ2) is 5.32. The van der Waals surface area contributed by atoms with Gasteiger partial charge in [-0.05, 0) is 24.4 Å². The summed E-state index contributed by atoms with van der Waals surface area (Å²) in [5.74, 6) is -1.02. The first-order chi connectivity index (χ1) is 7.75. The number of sulfonamides is 1. The SMILES string of the molecule is NC(=S)NNS(=O)(=O)c1ccc(Cl)c(F)c1Cl. The predicted molar refractivity (Wildman–Crippen MR) is 66.7 cm³/mol. The van der Waals surface area contributed by atoms with Crippen LogP contribution in [0.3, 0.4) is 0 Å². The summed E-state index contributed by atoms with van der Waals surface area (Å²) in [6, 6.07) is 2.12. The minimum absolute atomic E-state index is 0.281. The van der Waals surface area contributed by atoms with Crippen molar-refractivity contribution < 1.29 is 12.8 Å². The van der Waals surface area contributed by atoms with Gasteiger partial charge in [0, 0.05) is 0 Å². The molecule has 17 heavy (non-hydrogen) atoms. The number of thiocarbonyl (C=S) groups is 1. The van der Waals surface area contributed by atoms with Crippen molar-refractivity contribution in [3.63, 3.8) is 0 Å². The Labute approximate surface area is 112 Å². The highest BCUT2D eigenvalue weighted by Gasteiger charge is 2.21. The van der Waals surface area contributed by atoms with Gasteiger partial charge < -0.3 is 5.73 Å². The van der Waals surface area contributed by atoms with Crippen molar-refractivity contribution in [2.24, 2.45) is 5.73 Å². The lowest BCUT2D eigenvalue weighted by Gasteiger charge is -2.09. The van der Waals surface area contributed by atoms with Crippen LogP contribution in [0.1, 0.15) is 0 Å². The number of rotatable bonds is 3. The molecule has 0 spiro atoms. The van der Waals surface area contributed by atoms with Crippen molar-refractivity contribution >= 4 is 50.6 Å². The van der Waals surface area contributed by atoms with Gasteiger partial charge in [-0.3, -0.25) is 5.43 Å². The Morgan fingerprint density at radius 1 is 1.41 bits per heavy atom. The van der Waals surface area contributed by atoms with Crippen LogP contribution in [0, 0.1) is 5.82 Å². The van der Waals surface area contributed by atoms with Gasteiger partial charge >= 0.3 is 0 Å². The van der Waals surface area contributed by atoms with Crippen molar-refractivity contribution in [2.75, 3.05) is 0 Å². The monoisotopic (exact) mass is 317 g/mol. The van der Waals surface area contributed by atoms with Gasteiger partial charge in [0.1, 0.15) is 4.90 Å². The van der Waals surface area contributed by atoms with Gasteiger partial charge in [0.15, 0.2) is 10.9 Å². The molecular formula is C7H6Cl2FN3O2S2. The molecule has 10 heteroatoms. The molecule has 0 aromatic heterocycles. The fraction of sp³-hybridized carbons (Fsp3) is 0. The molecule has 94 valence electrons. The number of nitrogens with two attached hydrogens (primary N) is 1. The van der Waals surface area contributed by atoms with Crippen LogP contribution in [0.4, 0.5) is 4.39 Å². The lowest BCUT2D eigenvalue weighted by Crippen LogP contribution is -2.44. The summed E-state index contributed by atoms with van der Waals surface area (Å²) in [5, 5.41) is -1.19. The van der Waals surface area contributed by atoms with E-state index in [2.05, 4.69) is 12.2 Å². The number of hydrogen-bond acceptors (Lipinski definition) is 3. The third-order valence-corrected chi connectivity index (χ3v) is 3.76. The van der Waals surface area contributed by atoms with Crippen molar-refractivity contribution in [3.05, 3.63) is 28.0 Å². The summed E-state index contributed by atoms with van der Waals surface area (Å²) in [6.07, 6.45) is 0. The van der Waals surface area contributed by atoms with Gasteiger partial charge in [0.05, 0.1) is 10.0 Å². The van der Waals surface area contributed by atoms with E-state index in [0.29, 0.717) is 0 Å². The molecule has 4 N–H and O–H groups in total. The normalized spacial score (nSPS) is 11.2. The first-order valence-electron chi connectivity index (χ1n) is 3.96. The maximum absolute atomic E-state index is 13.3. The average molecular weight is 318 g/mol. The third kappa shape index (κ3) is 3.39. The third-order valence-electron chi connectivity index (χ3n) is 1.60. The van der Waals surface area contributed by atoms with Crippen LogP contribution in [-0.2, 0) is 10.0 Å². The van der Waals surface area contributed by atoms with Crippen LogP contribution in [0.5, 0.6) is 0 Å². The molecule has 1 aromatic rings. The highest BCUT2D eigenvalue weighted by atomic mass is 35.5. The van der Waals surface area contributed by atoms with E-state index in [-0.39, 0.29) is 10.1 Å². The van der Waals surface area contributed by atoms with Gasteiger partial charge in [0.25, 0.3) is 10.0 Å². The summed E-state index contributed by atoms with van der Waals surface area (Å²) >= 11 is 15.4. The van der Waals surface area contributed by atoms with Crippen LogP contribution in [-0.4, -0.2) is 13.5 Å². The highest BCUT2D eigenvalue weighted by molar-refractivity contribution is 7.89. The Morgan fingerprint density at radius 3 is 2.53 bits per heavy atom. The van der Waals surface area contributed by atoms with E-state index in [9.17, 15) is 12.8 Å².